The number of hydrogen-bond acceptors (Lipinski definition) is 4. The lowest BCUT2D eigenvalue weighted by molar-refractivity contribution is -0.118. The lowest BCUT2D eigenvalue weighted by atomic mass is 10.1. The van der Waals surface area contributed by atoms with Crippen LogP contribution in [0.1, 0.15) is 29.8 Å². The largest absolute Gasteiger partial charge is 0.351 e. The minimum Gasteiger partial charge on any atom is -0.351 e. The van der Waals surface area contributed by atoms with Crippen molar-refractivity contribution in [2.45, 2.75) is 25.6 Å². The van der Waals surface area contributed by atoms with E-state index < -0.39 is 38.5 Å². The van der Waals surface area contributed by atoms with Gasteiger partial charge in [-0.3, -0.25) is 9.59 Å². The smallest absolute Gasteiger partial charge is 0.255 e. The maximum Gasteiger partial charge on any atom is 0.255 e. The SMILES string of the molecule is CC(C)S(=O)(=O)CC(=O)NCc1cccc(NC(=O)c2cccc(F)c2)c1. The van der Waals surface area contributed by atoms with Crippen molar-refractivity contribution < 1.29 is 22.4 Å². The maximum absolute atomic E-state index is 13.2. The molecule has 27 heavy (non-hydrogen) atoms. The van der Waals surface area contributed by atoms with Crippen LogP contribution < -0.4 is 10.6 Å². The van der Waals surface area contributed by atoms with E-state index in [9.17, 15) is 22.4 Å². The summed E-state index contributed by atoms with van der Waals surface area (Å²) >= 11 is 0. The van der Waals surface area contributed by atoms with E-state index in [1.54, 1.807) is 24.3 Å². The van der Waals surface area contributed by atoms with Crippen molar-refractivity contribution in [1.82, 2.24) is 5.32 Å². The molecule has 0 fully saturated rings. The Morgan fingerprint density at radius 3 is 2.44 bits per heavy atom. The Morgan fingerprint density at radius 2 is 1.78 bits per heavy atom. The summed E-state index contributed by atoms with van der Waals surface area (Å²) in [6, 6.07) is 12.1. The van der Waals surface area contributed by atoms with Crippen molar-refractivity contribution >= 4 is 27.3 Å². The van der Waals surface area contributed by atoms with Crippen molar-refractivity contribution in [2.24, 2.45) is 0 Å². The predicted octanol–water partition coefficient (Wildman–Crippen LogP) is 2.52. The summed E-state index contributed by atoms with van der Waals surface area (Å²) < 4.78 is 36.7. The van der Waals surface area contributed by atoms with Crippen LogP contribution in [0.25, 0.3) is 0 Å². The first-order chi connectivity index (χ1) is 12.7. The average Bonchev–Trinajstić information content (AvgIpc) is 2.60. The summed E-state index contributed by atoms with van der Waals surface area (Å²) in [5, 5.41) is 4.58. The molecule has 0 aliphatic carbocycles. The highest BCUT2D eigenvalue weighted by Crippen LogP contribution is 2.13. The fourth-order valence-corrected chi connectivity index (χ4v) is 2.99. The van der Waals surface area contributed by atoms with Gasteiger partial charge in [-0.15, -0.1) is 0 Å². The third-order valence-electron chi connectivity index (χ3n) is 3.81. The monoisotopic (exact) mass is 392 g/mol. The third kappa shape index (κ3) is 6.18. The van der Waals surface area contributed by atoms with E-state index in [-0.39, 0.29) is 12.1 Å². The summed E-state index contributed by atoms with van der Waals surface area (Å²) in [6.07, 6.45) is 0. The van der Waals surface area contributed by atoms with Crippen molar-refractivity contribution in [2.75, 3.05) is 11.1 Å². The molecule has 6 nitrogen and oxygen atoms in total. The molecule has 0 saturated heterocycles. The molecule has 0 bridgehead atoms. The second kappa shape index (κ2) is 8.77. The van der Waals surface area contributed by atoms with E-state index in [2.05, 4.69) is 10.6 Å². The molecule has 0 atom stereocenters. The second-order valence-electron chi connectivity index (χ2n) is 6.30. The van der Waals surface area contributed by atoms with E-state index in [0.29, 0.717) is 11.3 Å². The van der Waals surface area contributed by atoms with Crippen LogP contribution in [-0.2, 0) is 21.2 Å². The summed E-state index contributed by atoms with van der Waals surface area (Å²) in [5.74, 6) is -2.12. The topological polar surface area (TPSA) is 92.3 Å². The van der Waals surface area contributed by atoms with Crippen LogP contribution in [0.2, 0.25) is 0 Å². The van der Waals surface area contributed by atoms with Crippen molar-refractivity contribution in [3.05, 3.63) is 65.5 Å². The highest BCUT2D eigenvalue weighted by Gasteiger charge is 2.20. The number of sulfone groups is 1. The zero-order valence-corrected chi connectivity index (χ0v) is 15.8. The van der Waals surface area contributed by atoms with E-state index in [0.717, 1.165) is 6.07 Å². The van der Waals surface area contributed by atoms with E-state index in [1.165, 1.54) is 32.0 Å². The summed E-state index contributed by atoms with van der Waals surface area (Å²) in [5.41, 5.74) is 1.35. The zero-order valence-electron chi connectivity index (χ0n) is 15.0. The van der Waals surface area contributed by atoms with Gasteiger partial charge < -0.3 is 10.6 Å². The quantitative estimate of drug-likeness (QED) is 0.757. The lowest BCUT2D eigenvalue weighted by Gasteiger charge is -2.10. The van der Waals surface area contributed by atoms with Gasteiger partial charge in [0.05, 0.1) is 5.25 Å². The fraction of sp³-hybridized carbons (Fsp3) is 0.263. The van der Waals surface area contributed by atoms with Crippen LogP contribution in [-0.4, -0.2) is 31.2 Å². The van der Waals surface area contributed by atoms with E-state index >= 15 is 0 Å². The molecule has 144 valence electrons. The first-order valence-electron chi connectivity index (χ1n) is 8.31. The summed E-state index contributed by atoms with van der Waals surface area (Å²) in [6.45, 7) is 3.16. The maximum atomic E-state index is 13.2. The normalized spacial score (nSPS) is 11.3. The number of anilines is 1. The summed E-state index contributed by atoms with van der Waals surface area (Å²) in [7, 11) is -3.46. The standard InChI is InChI=1S/C19H21FN2O4S/c1-13(2)27(25,26)12-18(23)21-11-14-5-3-8-17(9-14)22-19(24)15-6-4-7-16(20)10-15/h3-10,13H,11-12H2,1-2H3,(H,21,23)(H,22,24). The Kier molecular flexibility index (Phi) is 6.68. The molecule has 2 amide bonds. The fourth-order valence-electron chi connectivity index (χ4n) is 2.19. The van der Waals surface area contributed by atoms with Gasteiger partial charge in [0.2, 0.25) is 5.91 Å². The van der Waals surface area contributed by atoms with E-state index in [4.69, 9.17) is 0 Å². The van der Waals surface area contributed by atoms with Crippen LogP contribution >= 0.6 is 0 Å². The highest BCUT2D eigenvalue weighted by atomic mass is 32.2. The van der Waals surface area contributed by atoms with Crippen LogP contribution in [0.5, 0.6) is 0 Å². The van der Waals surface area contributed by atoms with E-state index in [1.807, 2.05) is 0 Å². The first-order valence-corrected chi connectivity index (χ1v) is 10.0. The van der Waals surface area contributed by atoms with Gasteiger partial charge >= 0.3 is 0 Å². The molecule has 8 heteroatoms. The Balaban J connectivity index is 1.97. The van der Waals surface area contributed by atoms with Gasteiger partial charge in [-0.25, -0.2) is 12.8 Å². The van der Waals surface area contributed by atoms with Crippen molar-refractivity contribution in [1.29, 1.82) is 0 Å². The van der Waals surface area contributed by atoms with Crippen LogP contribution in [0.4, 0.5) is 10.1 Å². The molecule has 0 aliphatic heterocycles. The van der Waals surface area contributed by atoms with Gasteiger partial charge in [-0.2, -0.15) is 0 Å². The van der Waals surface area contributed by atoms with Gasteiger partial charge in [0, 0.05) is 17.8 Å². The lowest BCUT2D eigenvalue weighted by Crippen LogP contribution is -2.32. The van der Waals surface area contributed by atoms with Crippen molar-refractivity contribution in [3.8, 4) is 0 Å². The number of amides is 2. The van der Waals surface area contributed by atoms with Crippen LogP contribution in [0, 0.1) is 5.82 Å². The molecule has 2 aromatic carbocycles. The molecule has 0 aliphatic rings. The molecule has 2 aromatic rings. The Hall–Kier alpha value is -2.74. The number of halogens is 1. The molecule has 0 unspecified atom stereocenters. The van der Waals surface area contributed by atoms with Crippen LogP contribution in [0.3, 0.4) is 0 Å². The zero-order chi connectivity index (χ0) is 20.0. The molecular weight excluding hydrogens is 371 g/mol. The minimum atomic E-state index is -3.46. The molecule has 2 rings (SSSR count). The van der Waals surface area contributed by atoms with Gasteiger partial charge in [0.25, 0.3) is 5.91 Å². The number of benzene rings is 2. The van der Waals surface area contributed by atoms with Gasteiger partial charge in [-0.1, -0.05) is 18.2 Å². The Labute approximate surface area is 157 Å². The number of rotatable bonds is 7. The minimum absolute atomic E-state index is 0.121. The van der Waals surface area contributed by atoms with Crippen molar-refractivity contribution in [3.63, 3.8) is 0 Å². The predicted molar refractivity (Wildman–Crippen MR) is 102 cm³/mol. The van der Waals surface area contributed by atoms with Gasteiger partial charge in [0.15, 0.2) is 9.84 Å². The first kappa shape index (κ1) is 20.6. The Morgan fingerprint density at radius 1 is 1.07 bits per heavy atom. The molecule has 0 aromatic heterocycles. The van der Waals surface area contributed by atoms with Gasteiger partial charge in [-0.05, 0) is 49.7 Å². The average molecular weight is 392 g/mol. The van der Waals surface area contributed by atoms with Crippen LogP contribution in [0.15, 0.2) is 48.5 Å². The molecular formula is C19H21FN2O4S. The number of carbonyl (C=O) groups is 2. The highest BCUT2D eigenvalue weighted by molar-refractivity contribution is 7.92. The number of carbonyl (C=O) groups excluding carboxylic acids is 2. The third-order valence-corrected chi connectivity index (χ3v) is 5.91. The molecule has 0 heterocycles. The summed E-state index contributed by atoms with van der Waals surface area (Å²) in [4.78, 5) is 24.0. The second-order valence-corrected chi connectivity index (χ2v) is 8.85. The molecule has 0 saturated carbocycles. The Bertz CT molecular complexity index is 942. The molecule has 0 spiro atoms. The number of nitrogens with one attached hydrogen (secondary N) is 2. The molecule has 0 radical (unpaired) electrons. The molecule has 2 N–H and O–H groups in total. The number of hydrogen-bond donors (Lipinski definition) is 2. The van der Waals surface area contributed by atoms with Gasteiger partial charge in [0.1, 0.15) is 11.6 Å².